The average Bonchev–Trinajstić information content (AvgIpc) is 3.13. The zero-order chi connectivity index (χ0) is 20.8. The molecule has 0 spiro atoms. The van der Waals surface area contributed by atoms with E-state index in [1.54, 1.807) is 18.2 Å². The Morgan fingerprint density at radius 1 is 1.14 bits per heavy atom. The molecule has 7 heteroatoms. The maximum absolute atomic E-state index is 12.8. The molecule has 1 heterocycles. The van der Waals surface area contributed by atoms with Gasteiger partial charge in [-0.2, -0.15) is 4.99 Å². The van der Waals surface area contributed by atoms with E-state index in [1.807, 2.05) is 45.3 Å². The molecule has 0 fully saturated rings. The number of H-pyrrole nitrogens is 1. The van der Waals surface area contributed by atoms with Crippen LogP contribution in [0.1, 0.15) is 35.3 Å². The molecule has 0 atom stereocenters. The lowest BCUT2D eigenvalue weighted by Gasteiger charge is -2.11. The average molecular weight is 394 g/mol. The van der Waals surface area contributed by atoms with Crippen LogP contribution in [-0.2, 0) is 6.54 Å². The number of aliphatic imine (C=N–C) groups is 1. The number of aromatic nitrogens is 1. The highest BCUT2D eigenvalue weighted by Gasteiger charge is 2.15. The molecule has 3 rings (SSSR count). The van der Waals surface area contributed by atoms with Crippen molar-refractivity contribution in [3.63, 3.8) is 0 Å². The zero-order valence-electron chi connectivity index (χ0n) is 16.9. The Kier molecular flexibility index (Phi) is 6.51. The van der Waals surface area contributed by atoms with Crippen LogP contribution in [0.15, 0.2) is 47.6 Å². The van der Waals surface area contributed by atoms with Gasteiger partial charge in [-0.25, -0.2) is 0 Å². The third kappa shape index (κ3) is 4.41. The molecule has 0 bridgehead atoms. The lowest BCUT2D eigenvalue weighted by Crippen LogP contribution is -2.17. The van der Waals surface area contributed by atoms with E-state index in [4.69, 9.17) is 15.2 Å². The summed E-state index contributed by atoms with van der Waals surface area (Å²) in [5, 5.41) is 4.09. The first-order valence-corrected chi connectivity index (χ1v) is 9.61. The molecule has 1 aromatic heterocycles. The third-order valence-corrected chi connectivity index (χ3v) is 4.44. The Labute approximate surface area is 169 Å². The third-order valence-electron chi connectivity index (χ3n) is 4.44. The molecule has 4 N–H and O–H groups in total. The molecule has 0 aliphatic rings. The van der Waals surface area contributed by atoms with Gasteiger partial charge in [0.05, 0.1) is 13.2 Å². The number of amidine groups is 1. The number of ether oxygens (including phenoxy) is 2. The van der Waals surface area contributed by atoms with Crippen molar-refractivity contribution in [2.45, 2.75) is 20.4 Å². The number of nitrogens with zero attached hydrogens (tertiary/aromatic N) is 1. The molecular formula is C22H26N4O3. The molecule has 2 aromatic carbocycles. The van der Waals surface area contributed by atoms with Gasteiger partial charge in [-0.3, -0.25) is 4.79 Å². The zero-order valence-corrected chi connectivity index (χ0v) is 16.9. The van der Waals surface area contributed by atoms with Crippen molar-refractivity contribution in [3.05, 3.63) is 59.3 Å². The molecule has 0 saturated carbocycles. The van der Waals surface area contributed by atoms with Gasteiger partial charge in [0.25, 0.3) is 5.91 Å². The summed E-state index contributed by atoms with van der Waals surface area (Å²) in [7, 11) is 1.88. The number of hydrogen-bond acceptors (Lipinski definition) is 4. The van der Waals surface area contributed by atoms with Crippen LogP contribution < -0.4 is 20.5 Å². The Morgan fingerprint density at radius 2 is 1.90 bits per heavy atom. The number of rotatable bonds is 8. The molecule has 0 unspecified atom stereocenters. The number of amides is 1. The Bertz CT molecular complexity index is 1040. The summed E-state index contributed by atoms with van der Waals surface area (Å²) >= 11 is 0. The minimum Gasteiger partial charge on any atom is -0.490 e. The summed E-state index contributed by atoms with van der Waals surface area (Å²) in [6.07, 6.45) is 1.93. The van der Waals surface area contributed by atoms with Crippen molar-refractivity contribution in [1.82, 2.24) is 10.3 Å². The van der Waals surface area contributed by atoms with Crippen molar-refractivity contribution < 1.29 is 14.3 Å². The van der Waals surface area contributed by atoms with Crippen molar-refractivity contribution in [2.75, 3.05) is 20.3 Å². The van der Waals surface area contributed by atoms with Crippen molar-refractivity contribution >= 4 is 22.6 Å². The number of carbonyl (C=O) groups is 1. The van der Waals surface area contributed by atoms with Crippen molar-refractivity contribution in [2.24, 2.45) is 10.7 Å². The second kappa shape index (κ2) is 9.25. The summed E-state index contributed by atoms with van der Waals surface area (Å²) < 4.78 is 11.1. The summed E-state index contributed by atoms with van der Waals surface area (Å²) in [6, 6.07) is 10.7. The van der Waals surface area contributed by atoms with Crippen LogP contribution in [0.3, 0.4) is 0 Å². The molecule has 0 aliphatic carbocycles. The van der Waals surface area contributed by atoms with Gasteiger partial charge < -0.3 is 25.5 Å². The minimum absolute atomic E-state index is 0.171. The van der Waals surface area contributed by atoms with Crippen LogP contribution in [-0.4, -0.2) is 37.0 Å². The summed E-state index contributed by atoms with van der Waals surface area (Å²) in [6.45, 7) is 5.42. The standard InChI is InChI=1S/C22H26N4O3/c1-4-28-18-10-9-14(11-19(18)29-5-2)22(27)26-21(23)16-7-6-8-17-20(16)15(12-24-3)13-25-17/h6-11,13,24-25H,4-5,12H2,1-3H3,(H2,23,26,27). The van der Waals surface area contributed by atoms with Crippen LogP contribution in [0.2, 0.25) is 0 Å². The Hall–Kier alpha value is -3.32. The maximum Gasteiger partial charge on any atom is 0.279 e. The van der Waals surface area contributed by atoms with Gasteiger partial charge in [0.15, 0.2) is 11.5 Å². The quantitative estimate of drug-likeness (QED) is 0.402. The number of benzene rings is 2. The molecule has 7 nitrogen and oxygen atoms in total. The molecule has 0 saturated heterocycles. The summed E-state index contributed by atoms with van der Waals surface area (Å²) in [5.41, 5.74) is 9.34. The van der Waals surface area contributed by atoms with Gasteiger partial charge >= 0.3 is 0 Å². The largest absolute Gasteiger partial charge is 0.490 e. The second-order valence-corrected chi connectivity index (χ2v) is 6.40. The number of nitrogens with one attached hydrogen (secondary N) is 2. The van der Waals surface area contributed by atoms with Gasteiger partial charge in [-0.1, -0.05) is 12.1 Å². The highest BCUT2D eigenvalue weighted by Crippen LogP contribution is 2.29. The first-order chi connectivity index (χ1) is 14.1. The van der Waals surface area contributed by atoms with E-state index < -0.39 is 5.91 Å². The monoisotopic (exact) mass is 394 g/mol. The number of aromatic amines is 1. The van der Waals surface area contributed by atoms with Gasteiger partial charge in [-0.05, 0) is 50.7 Å². The molecule has 0 aliphatic heterocycles. The molecule has 1 amide bonds. The van der Waals surface area contributed by atoms with Crippen molar-refractivity contribution in [3.8, 4) is 11.5 Å². The van der Waals surface area contributed by atoms with Gasteiger partial charge in [0, 0.05) is 34.8 Å². The predicted octanol–water partition coefficient (Wildman–Crippen LogP) is 3.23. The van der Waals surface area contributed by atoms with Crippen LogP contribution in [0.4, 0.5) is 0 Å². The minimum atomic E-state index is -0.436. The van der Waals surface area contributed by atoms with Gasteiger partial charge in [-0.15, -0.1) is 0 Å². The molecule has 3 aromatic rings. The Balaban J connectivity index is 1.96. The number of hydrogen-bond donors (Lipinski definition) is 3. The number of fused-ring (bicyclic) bond motifs is 1. The molecule has 0 radical (unpaired) electrons. The summed E-state index contributed by atoms with van der Waals surface area (Å²) in [5.74, 6) is 0.841. The lowest BCUT2D eigenvalue weighted by molar-refractivity contribution is 0.100. The molecule has 29 heavy (non-hydrogen) atoms. The summed E-state index contributed by atoms with van der Waals surface area (Å²) in [4.78, 5) is 20.1. The number of carbonyl (C=O) groups excluding carboxylic acids is 1. The molecular weight excluding hydrogens is 368 g/mol. The fourth-order valence-electron chi connectivity index (χ4n) is 3.22. The lowest BCUT2D eigenvalue weighted by atomic mass is 10.1. The van der Waals surface area contributed by atoms with Gasteiger partial charge in [0.1, 0.15) is 5.84 Å². The van der Waals surface area contributed by atoms with E-state index in [0.717, 1.165) is 22.0 Å². The van der Waals surface area contributed by atoms with Crippen LogP contribution in [0, 0.1) is 0 Å². The van der Waals surface area contributed by atoms with E-state index in [1.165, 1.54) is 0 Å². The smallest absolute Gasteiger partial charge is 0.279 e. The van der Waals surface area contributed by atoms with Crippen LogP contribution in [0.25, 0.3) is 10.9 Å². The van der Waals surface area contributed by atoms with E-state index in [2.05, 4.69) is 15.3 Å². The highest BCUT2D eigenvalue weighted by molar-refractivity contribution is 6.14. The number of nitrogens with two attached hydrogens (primary N) is 1. The SMILES string of the molecule is CCOc1ccc(C(=O)N=C(N)c2cccc3[nH]cc(CNC)c23)cc1OCC. The normalized spacial score (nSPS) is 11.6. The maximum atomic E-state index is 12.8. The van der Waals surface area contributed by atoms with Gasteiger partial charge in [0.2, 0.25) is 0 Å². The van der Waals surface area contributed by atoms with Crippen molar-refractivity contribution in [1.29, 1.82) is 0 Å². The van der Waals surface area contributed by atoms with E-state index >= 15 is 0 Å². The first kappa shape index (κ1) is 20.4. The van der Waals surface area contributed by atoms with E-state index in [-0.39, 0.29) is 5.84 Å². The topological polar surface area (TPSA) is 102 Å². The molecule has 152 valence electrons. The highest BCUT2D eigenvalue weighted by atomic mass is 16.5. The fraction of sp³-hybridized carbons (Fsp3) is 0.273. The fourth-order valence-corrected chi connectivity index (χ4v) is 3.22. The predicted molar refractivity (Wildman–Crippen MR) is 115 cm³/mol. The first-order valence-electron chi connectivity index (χ1n) is 9.61. The van der Waals surface area contributed by atoms with E-state index in [0.29, 0.717) is 36.8 Å². The second-order valence-electron chi connectivity index (χ2n) is 6.40. The Morgan fingerprint density at radius 3 is 2.62 bits per heavy atom. The van der Waals surface area contributed by atoms with Crippen LogP contribution in [0.5, 0.6) is 11.5 Å². The van der Waals surface area contributed by atoms with E-state index in [9.17, 15) is 4.79 Å². The van der Waals surface area contributed by atoms with Crippen LogP contribution >= 0.6 is 0 Å².